The first-order valence-electron chi connectivity index (χ1n) is 14.2. The molecule has 0 radical (unpaired) electrons. The number of aromatic amines is 1. The van der Waals surface area contributed by atoms with Crippen molar-refractivity contribution in [3.63, 3.8) is 0 Å². The zero-order valence-corrected chi connectivity index (χ0v) is 24.8. The highest BCUT2D eigenvalue weighted by Crippen LogP contribution is 2.38. The third-order valence-electron chi connectivity index (χ3n) is 7.73. The molecule has 0 atom stereocenters. The van der Waals surface area contributed by atoms with Gasteiger partial charge in [0.05, 0.1) is 15.3 Å². The molecule has 15 heteroatoms. The summed E-state index contributed by atoms with van der Waals surface area (Å²) in [5.74, 6) is 0.0569. The number of non-ortho nitro benzene ring substituents is 1. The van der Waals surface area contributed by atoms with Gasteiger partial charge < -0.3 is 24.3 Å². The van der Waals surface area contributed by atoms with Gasteiger partial charge in [-0.25, -0.2) is 23.2 Å². The molecule has 5 aromatic rings. The van der Waals surface area contributed by atoms with E-state index in [9.17, 15) is 28.1 Å². The molecule has 0 saturated heterocycles. The molecule has 6 rings (SSSR count). The largest absolute Gasteiger partial charge is 0.458 e. The van der Waals surface area contributed by atoms with E-state index in [0.29, 0.717) is 48.1 Å². The van der Waals surface area contributed by atoms with Crippen LogP contribution in [0.15, 0.2) is 76.8 Å². The van der Waals surface area contributed by atoms with Gasteiger partial charge in [0, 0.05) is 42.7 Å². The molecule has 0 unspecified atom stereocenters. The van der Waals surface area contributed by atoms with Gasteiger partial charge in [-0.15, -0.1) is 0 Å². The van der Waals surface area contributed by atoms with Crippen LogP contribution in [0.5, 0.6) is 5.75 Å². The van der Waals surface area contributed by atoms with E-state index in [0.717, 1.165) is 0 Å². The van der Waals surface area contributed by atoms with E-state index in [4.69, 9.17) is 14.5 Å². The van der Waals surface area contributed by atoms with Crippen LogP contribution in [0.4, 0.5) is 10.5 Å². The lowest BCUT2D eigenvalue weighted by Gasteiger charge is -2.31. The molecule has 1 aliphatic carbocycles. The van der Waals surface area contributed by atoms with Gasteiger partial charge in [0.25, 0.3) is 5.69 Å². The van der Waals surface area contributed by atoms with Crippen LogP contribution in [-0.2, 0) is 26.0 Å². The van der Waals surface area contributed by atoms with E-state index < -0.39 is 26.8 Å². The summed E-state index contributed by atoms with van der Waals surface area (Å²) in [6.07, 6.45) is 3.33. The van der Waals surface area contributed by atoms with Crippen molar-refractivity contribution in [3.8, 4) is 5.75 Å². The Balaban J connectivity index is 1.30. The number of nitro benzene ring substituents is 1. The first kappa shape index (κ1) is 29.7. The lowest BCUT2D eigenvalue weighted by Crippen LogP contribution is -2.39. The molecule has 232 valence electrons. The quantitative estimate of drug-likeness (QED) is 0.134. The predicted octanol–water partition coefficient (Wildman–Crippen LogP) is 4.99. The van der Waals surface area contributed by atoms with Crippen LogP contribution in [0.3, 0.4) is 0 Å². The topological polar surface area (TPSA) is 188 Å². The van der Waals surface area contributed by atoms with Crippen LogP contribution in [-0.4, -0.2) is 51.0 Å². The maximum atomic E-state index is 13.8. The maximum Gasteiger partial charge on any atom is 0.412 e. The summed E-state index contributed by atoms with van der Waals surface area (Å²) < 4.78 is 40.2. The second-order valence-electron chi connectivity index (χ2n) is 10.6. The predicted molar refractivity (Wildman–Crippen MR) is 160 cm³/mol. The fourth-order valence-corrected chi connectivity index (χ4v) is 7.01. The highest BCUT2D eigenvalue weighted by atomic mass is 32.2. The lowest BCUT2D eigenvalue weighted by molar-refractivity contribution is -0.384. The van der Waals surface area contributed by atoms with Crippen molar-refractivity contribution in [2.45, 2.75) is 61.2 Å². The van der Waals surface area contributed by atoms with Crippen molar-refractivity contribution in [1.82, 2.24) is 24.8 Å². The molecule has 1 fully saturated rings. The number of nitrogens with one attached hydrogen (secondary N) is 2. The molecule has 0 aliphatic heterocycles. The number of nitrogens with zero attached hydrogens (tertiary/aromatic N) is 4. The number of ether oxygens (including phenoxy) is 2. The standard InChI is InChI=1S/C30H28N6O8S/c1-18(37)43-17-25-33-26-27(24-15-16-31-28(24)34-29(26)45(41,42)23-5-3-2-4-6-23)35(25)20-9-7-19(8-10-20)32-30(38)44-22-13-11-21(12-14-22)36(39)40/h2-6,11-16,19-20H,7-10,17H2,1H3,(H,31,34)(H,32,38). The van der Waals surface area contributed by atoms with Crippen molar-refractivity contribution in [1.29, 1.82) is 0 Å². The van der Waals surface area contributed by atoms with Crippen LogP contribution >= 0.6 is 0 Å². The molecule has 2 aromatic carbocycles. The number of esters is 1. The van der Waals surface area contributed by atoms with E-state index in [2.05, 4.69) is 15.3 Å². The Bertz CT molecular complexity index is 2010. The molecule has 45 heavy (non-hydrogen) atoms. The first-order valence-corrected chi connectivity index (χ1v) is 15.6. The van der Waals surface area contributed by atoms with E-state index in [1.807, 2.05) is 4.57 Å². The van der Waals surface area contributed by atoms with E-state index in [1.54, 1.807) is 30.5 Å². The van der Waals surface area contributed by atoms with Gasteiger partial charge in [0.15, 0.2) is 5.03 Å². The van der Waals surface area contributed by atoms with Crippen LogP contribution < -0.4 is 10.1 Å². The maximum absolute atomic E-state index is 13.8. The van der Waals surface area contributed by atoms with Crippen LogP contribution in [0.25, 0.3) is 22.1 Å². The summed E-state index contributed by atoms with van der Waals surface area (Å²) in [6.45, 7) is 1.12. The number of nitro groups is 1. The Kier molecular flexibility index (Phi) is 7.93. The summed E-state index contributed by atoms with van der Waals surface area (Å²) in [6, 6.07) is 14.7. The zero-order valence-electron chi connectivity index (χ0n) is 24.0. The first-order chi connectivity index (χ1) is 21.6. The van der Waals surface area contributed by atoms with Gasteiger partial charge >= 0.3 is 12.1 Å². The summed E-state index contributed by atoms with van der Waals surface area (Å²) >= 11 is 0. The fourth-order valence-electron chi connectivity index (χ4n) is 5.66. The number of carbonyl (C=O) groups is 2. The van der Waals surface area contributed by atoms with Crippen LogP contribution in [0, 0.1) is 10.1 Å². The summed E-state index contributed by atoms with van der Waals surface area (Å²) in [5, 5.41) is 14.2. The number of imidazole rings is 1. The molecule has 0 bridgehead atoms. The van der Waals surface area contributed by atoms with Crippen molar-refractivity contribution >= 4 is 49.7 Å². The highest BCUT2D eigenvalue weighted by molar-refractivity contribution is 7.91. The van der Waals surface area contributed by atoms with Crippen molar-refractivity contribution in [2.24, 2.45) is 0 Å². The van der Waals surface area contributed by atoms with E-state index in [1.165, 1.54) is 43.3 Å². The fraction of sp³-hybridized carbons (Fsp3) is 0.267. The van der Waals surface area contributed by atoms with Gasteiger partial charge in [-0.3, -0.25) is 14.9 Å². The van der Waals surface area contributed by atoms with Crippen molar-refractivity contribution in [2.75, 3.05) is 0 Å². The van der Waals surface area contributed by atoms with Crippen molar-refractivity contribution in [3.05, 3.63) is 82.8 Å². The zero-order chi connectivity index (χ0) is 31.7. The minimum atomic E-state index is -4.06. The lowest BCUT2D eigenvalue weighted by atomic mass is 9.91. The molecule has 1 aliphatic rings. The number of carbonyl (C=O) groups excluding carboxylic acids is 2. The molecule has 2 N–H and O–H groups in total. The number of hydrogen-bond acceptors (Lipinski definition) is 10. The van der Waals surface area contributed by atoms with E-state index in [-0.39, 0.29) is 45.6 Å². The monoisotopic (exact) mass is 632 g/mol. The summed E-state index contributed by atoms with van der Waals surface area (Å²) in [4.78, 5) is 46.9. The SMILES string of the molecule is CC(=O)OCc1nc2c(S(=O)(=O)c3ccccc3)nc3[nH]ccc3c2n1C1CCC(NC(=O)Oc2ccc([N+](=O)[O-])cc2)CC1. The third kappa shape index (κ3) is 5.93. The average molecular weight is 633 g/mol. The molecule has 1 saturated carbocycles. The van der Waals surface area contributed by atoms with Crippen LogP contribution in [0.2, 0.25) is 0 Å². The smallest absolute Gasteiger partial charge is 0.412 e. The van der Waals surface area contributed by atoms with Crippen LogP contribution in [0.1, 0.15) is 44.5 Å². The molecular weight excluding hydrogens is 604 g/mol. The highest BCUT2D eigenvalue weighted by Gasteiger charge is 2.32. The minimum absolute atomic E-state index is 0.0768. The molecule has 3 aromatic heterocycles. The number of H-pyrrole nitrogens is 1. The number of sulfone groups is 1. The number of fused-ring (bicyclic) bond motifs is 3. The Morgan fingerprint density at radius 3 is 2.42 bits per heavy atom. The number of benzene rings is 2. The Morgan fingerprint density at radius 2 is 1.76 bits per heavy atom. The second-order valence-corrected chi connectivity index (χ2v) is 12.5. The Hall–Kier alpha value is -5.31. The van der Waals surface area contributed by atoms with Crippen molar-refractivity contribution < 1.29 is 32.4 Å². The second kappa shape index (κ2) is 12.0. The number of aromatic nitrogens is 4. The minimum Gasteiger partial charge on any atom is -0.458 e. The number of rotatable bonds is 8. The number of amides is 1. The molecular formula is C30H28N6O8S. The van der Waals surface area contributed by atoms with Gasteiger partial charge in [-0.05, 0) is 56.0 Å². The number of hydrogen-bond donors (Lipinski definition) is 2. The van der Waals surface area contributed by atoms with Gasteiger partial charge in [-0.1, -0.05) is 18.2 Å². The van der Waals surface area contributed by atoms with Gasteiger partial charge in [0.1, 0.15) is 29.3 Å². The third-order valence-corrected chi connectivity index (χ3v) is 9.42. The van der Waals surface area contributed by atoms with Gasteiger partial charge in [-0.2, -0.15) is 0 Å². The number of pyridine rings is 1. The van der Waals surface area contributed by atoms with E-state index >= 15 is 0 Å². The normalized spacial score (nSPS) is 16.8. The molecule has 1 amide bonds. The van der Waals surface area contributed by atoms with Gasteiger partial charge in [0.2, 0.25) is 9.84 Å². The summed E-state index contributed by atoms with van der Waals surface area (Å²) in [7, 11) is -4.06. The Morgan fingerprint density at radius 1 is 1.04 bits per heavy atom. The molecule has 14 nitrogen and oxygen atoms in total. The Labute approximate surface area is 256 Å². The average Bonchev–Trinajstić information content (AvgIpc) is 3.65. The molecule has 3 heterocycles. The summed E-state index contributed by atoms with van der Waals surface area (Å²) in [5.41, 5.74) is 1.01. The molecule has 0 spiro atoms.